The normalized spacial score (nSPS) is 15.6. The van der Waals surface area contributed by atoms with E-state index in [2.05, 4.69) is 36.9 Å². The molecule has 0 aliphatic carbocycles. The molecule has 0 N–H and O–H groups in total. The van der Waals surface area contributed by atoms with Gasteiger partial charge in [-0.05, 0) is 41.3 Å². The largest absolute Gasteiger partial charge is 0.336 e. The van der Waals surface area contributed by atoms with Crippen LogP contribution in [-0.2, 0) is 6.54 Å². The lowest BCUT2D eigenvalue weighted by molar-refractivity contribution is 0.0628. The predicted octanol–water partition coefficient (Wildman–Crippen LogP) is 4.42. The van der Waals surface area contributed by atoms with Crippen LogP contribution in [0.1, 0.15) is 41.3 Å². The molecular weight excluding hydrogens is 332 g/mol. The van der Waals surface area contributed by atoms with Crippen molar-refractivity contribution in [2.45, 2.75) is 26.3 Å². The van der Waals surface area contributed by atoms with Crippen molar-refractivity contribution in [3.63, 3.8) is 0 Å². The molecule has 1 amide bonds. The molecule has 3 rings (SSSR count). The molecule has 0 bridgehead atoms. The molecular formula is C21H25ClN2O. The molecule has 3 nitrogen and oxygen atoms in total. The molecule has 2 aromatic carbocycles. The number of carbonyl (C=O) groups is 1. The van der Waals surface area contributed by atoms with E-state index in [1.54, 1.807) is 0 Å². The van der Waals surface area contributed by atoms with Crippen molar-refractivity contribution in [3.8, 4) is 0 Å². The highest BCUT2D eigenvalue weighted by Crippen LogP contribution is 2.17. The summed E-state index contributed by atoms with van der Waals surface area (Å²) in [5.41, 5.74) is 3.27. The van der Waals surface area contributed by atoms with Crippen LogP contribution in [0.25, 0.3) is 0 Å². The molecule has 0 radical (unpaired) electrons. The quantitative estimate of drug-likeness (QED) is 0.809. The van der Waals surface area contributed by atoms with E-state index in [1.165, 1.54) is 11.1 Å². The molecule has 0 saturated carbocycles. The van der Waals surface area contributed by atoms with E-state index >= 15 is 0 Å². The van der Waals surface area contributed by atoms with Crippen molar-refractivity contribution in [3.05, 3.63) is 70.2 Å². The molecule has 1 aliphatic rings. The van der Waals surface area contributed by atoms with E-state index in [-0.39, 0.29) is 5.91 Å². The topological polar surface area (TPSA) is 23.6 Å². The van der Waals surface area contributed by atoms with Crippen molar-refractivity contribution in [2.75, 3.05) is 26.2 Å². The van der Waals surface area contributed by atoms with E-state index in [0.29, 0.717) is 5.92 Å². The van der Waals surface area contributed by atoms with Crippen LogP contribution >= 0.6 is 11.6 Å². The number of carbonyl (C=O) groups excluding carboxylic acids is 1. The fourth-order valence-electron chi connectivity index (χ4n) is 3.20. The Morgan fingerprint density at radius 2 is 1.72 bits per heavy atom. The number of rotatable bonds is 4. The third-order valence-corrected chi connectivity index (χ3v) is 5.01. The van der Waals surface area contributed by atoms with Crippen molar-refractivity contribution in [2.24, 2.45) is 0 Å². The second kappa shape index (κ2) is 8.03. The summed E-state index contributed by atoms with van der Waals surface area (Å²) in [4.78, 5) is 17.0. The summed E-state index contributed by atoms with van der Waals surface area (Å²) in [6, 6.07) is 16.0. The summed E-state index contributed by atoms with van der Waals surface area (Å²) >= 11 is 6.05. The van der Waals surface area contributed by atoms with Gasteiger partial charge in [0.05, 0.1) is 0 Å². The number of amides is 1. The second-order valence-corrected chi connectivity index (χ2v) is 7.41. The first-order chi connectivity index (χ1) is 12.0. The molecule has 1 fully saturated rings. The van der Waals surface area contributed by atoms with Crippen LogP contribution in [0.2, 0.25) is 5.02 Å². The molecule has 25 heavy (non-hydrogen) atoms. The molecule has 4 heteroatoms. The minimum atomic E-state index is 0.137. The summed E-state index contributed by atoms with van der Waals surface area (Å²) < 4.78 is 0. The number of benzene rings is 2. The predicted molar refractivity (Wildman–Crippen MR) is 103 cm³/mol. The van der Waals surface area contributed by atoms with Gasteiger partial charge in [-0.1, -0.05) is 49.7 Å². The van der Waals surface area contributed by atoms with Crippen LogP contribution < -0.4 is 0 Å². The van der Waals surface area contributed by atoms with E-state index in [9.17, 15) is 4.79 Å². The first-order valence-electron chi connectivity index (χ1n) is 8.89. The highest BCUT2D eigenvalue weighted by molar-refractivity contribution is 6.30. The lowest BCUT2D eigenvalue weighted by Gasteiger charge is -2.34. The van der Waals surface area contributed by atoms with Crippen molar-refractivity contribution >= 4 is 17.5 Å². The first-order valence-corrected chi connectivity index (χ1v) is 9.27. The lowest BCUT2D eigenvalue weighted by atomic mass is 10.0. The fraction of sp³-hybridized carbons (Fsp3) is 0.381. The number of halogens is 1. The van der Waals surface area contributed by atoms with Gasteiger partial charge in [-0.15, -0.1) is 0 Å². The Balaban J connectivity index is 1.55. The minimum Gasteiger partial charge on any atom is -0.336 e. The highest BCUT2D eigenvalue weighted by atomic mass is 35.5. The Kier molecular flexibility index (Phi) is 5.77. The summed E-state index contributed by atoms with van der Waals surface area (Å²) in [6.45, 7) is 8.53. The molecule has 1 saturated heterocycles. The van der Waals surface area contributed by atoms with E-state index in [4.69, 9.17) is 11.6 Å². The SMILES string of the molecule is CC(C)c1ccc(C(=O)N2CCN(Cc3cccc(Cl)c3)CC2)cc1. The van der Waals surface area contributed by atoms with Crippen molar-refractivity contribution in [1.29, 1.82) is 0 Å². The van der Waals surface area contributed by atoms with Crippen LogP contribution in [0.15, 0.2) is 48.5 Å². The van der Waals surface area contributed by atoms with Crippen molar-refractivity contribution < 1.29 is 4.79 Å². The van der Waals surface area contributed by atoms with Crippen molar-refractivity contribution in [1.82, 2.24) is 9.80 Å². The fourth-order valence-corrected chi connectivity index (χ4v) is 3.41. The third-order valence-electron chi connectivity index (χ3n) is 4.78. The summed E-state index contributed by atoms with van der Waals surface area (Å²) in [6.07, 6.45) is 0. The first kappa shape index (κ1) is 18.0. The Morgan fingerprint density at radius 1 is 1.04 bits per heavy atom. The zero-order valence-corrected chi connectivity index (χ0v) is 15.7. The summed E-state index contributed by atoms with van der Waals surface area (Å²) in [5, 5.41) is 0.774. The molecule has 0 aromatic heterocycles. The Hall–Kier alpha value is -1.84. The van der Waals surface area contributed by atoms with E-state index < -0.39 is 0 Å². The maximum Gasteiger partial charge on any atom is 0.253 e. The molecule has 132 valence electrons. The third kappa shape index (κ3) is 4.62. The smallest absolute Gasteiger partial charge is 0.253 e. The molecule has 1 heterocycles. The van der Waals surface area contributed by atoms with Crippen LogP contribution in [0, 0.1) is 0 Å². The van der Waals surface area contributed by atoms with Gasteiger partial charge in [0.2, 0.25) is 0 Å². The van der Waals surface area contributed by atoms with Gasteiger partial charge in [-0.2, -0.15) is 0 Å². The van der Waals surface area contributed by atoms with Crippen LogP contribution in [0.4, 0.5) is 0 Å². The number of nitrogens with zero attached hydrogens (tertiary/aromatic N) is 2. The monoisotopic (exact) mass is 356 g/mol. The Bertz CT molecular complexity index is 719. The Morgan fingerprint density at radius 3 is 2.32 bits per heavy atom. The van der Waals surface area contributed by atoms with E-state index in [1.807, 2.05) is 35.2 Å². The number of hydrogen-bond donors (Lipinski definition) is 0. The maximum absolute atomic E-state index is 12.7. The zero-order valence-electron chi connectivity index (χ0n) is 14.9. The molecule has 0 unspecified atom stereocenters. The van der Waals surface area contributed by atoms with E-state index in [0.717, 1.165) is 43.3 Å². The van der Waals surface area contributed by atoms with Gasteiger partial charge in [-0.3, -0.25) is 9.69 Å². The minimum absolute atomic E-state index is 0.137. The van der Waals surface area contributed by atoms with Gasteiger partial charge in [-0.25, -0.2) is 0 Å². The van der Waals surface area contributed by atoms with Gasteiger partial charge >= 0.3 is 0 Å². The maximum atomic E-state index is 12.7. The average Bonchev–Trinajstić information content (AvgIpc) is 2.62. The van der Waals surface area contributed by atoms with Crippen LogP contribution in [0.5, 0.6) is 0 Å². The summed E-state index contributed by atoms with van der Waals surface area (Å²) in [5.74, 6) is 0.622. The average molecular weight is 357 g/mol. The molecule has 0 atom stereocenters. The second-order valence-electron chi connectivity index (χ2n) is 6.97. The van der Waals surface area contributed by atoms with Crippen LogP contribution in [-0.4, -0.2) is 41.9 Å². The van der Waals surface area contributed by atoms with Gasteiger partial charge in [0.25, 0.3) is 5.91 Å². The Labute approximate surface area is 155 Å². The highest BCUT2D eigenvalue weighted by Gasteiger charge is 2.22. The summed E-state index contributed by atoms with van der Waals surface area (Å²) in [7, 11) is 0. The zero-order chi connectivity index (χ0) is 17.8. The lowest BCUT2D eigenvalue weighted by Crippen LogP contribution is -2.48. The standard InChI is InChI=1S/C21H25ClN2O/c1-16(2)18-6-8-19(9-7-18)21(25)24-12-10-23(11-13-24)15-17-4-3-5-20(22)14-17/h3-9,14,16H,10-13,15H2,1-2H3. The van der Waals surface area contributed by atoms with Crippen LogP contribution in [0.3, 0.4) is 0 Å². The number of hydrogen-bond acceptors (Lipinski definition) is 2. The van der Waals surface area contributed by atoms with Gasteiger partial charge in [0.15, 0.2) is 0 Å². The molecule has 1 aliphatic heterocycles. The van der Waals surface area contributed by atoms with Gasteiger partial charge in [0.1, 0.15) is 0 Å². The number of piperazine rings is 1. The van der Waals surface area contributed by atoms with Gasteiger partial charge < -0.3 is 4.90 Å². The van der Waals surface area contributed by atoms with Gasteiger partial charge in [0, 0.05) is 43.3 Å². The molecule has 2 aromatic rings. The molecule has 0 spiro atoms.